The first-order chi connectivity index (χ1) is 16.0. The molecule has 4 rings (SSSR count). The molecule has 0 atom stereocenters. The molecule has 168 valence electrons. The van der Waals surface area contributed by atoms with Crippen LogP contribution in [0.1, 0.15) is 17.4 Å². The summed E-state index contributed by atoms with van der Waals surface area (Å²) in [6.07, 6.45) is 1.50. The van der Waals surface area contributed by atoms with Gasteiger partial charge >= 0.3 is 0 Å². The van der Waals surface area contributed by atoms with Crippen LogP contribution in [0.25, 0.3) is 17.1 Å². The van der Waals surface area contributed by atoms with Gasteiger partial charge in [-0.3, -0.25) is 9.59 Å². The largest absolute Gasteiger partial charge is 0.463 e. The number of para-hydroxylation sites is 2. The van der Waals surface area contributed by atoms with E-state index in [1.807, 2.05) is 18.2 Å². The van der Waals surface area contributed by atoms with E-state index >= 15 is 0 Å². The fourth-order valence-electron chi connectivity index (χ4n) is 3.30. The summed E-state index contributed by atoms with van der Waals surface area (Å²) < 4.78 is 34.6. The van der Waals surface area contributed by atoms with Crippen LogP contribution in [0.3, 0.4) is 0 Å². The third kappa shape index (κ3) is 4.67. The zero-order valence-corrected chi connectivity index (χ0v) is 17.7. The molecule has 4 aromatic rings. The molecule has 0 bridgehead atoms. The fourth-order valence-corrected chi connectivity index (χ4v) is 3.30. The number of halogens is 2. The third-order valence-corrected chi connectivity index (χ3v) is 4.93. The standard InChI is InChI=1S/C24H20F2N4O3/c1-2-29(15-22(31)27-23-17(25)10-6-11-18(23)26)24(32)20-14-19(21-12-7-13-33-21)28-30(20)16-8-4-3-5-9-16/h3-14H,2,15H2,1H3,(H,27,31). The van der Waals surface area contributed by atoms with E-state index in [-0.39, 0.29) is 12.2 Å². The number of benzene rings is 2. The minimum Gasteiger partial charge on any atom is -0.463 e. The van der Waals surface area contributed by atoms with Gasteiger partial charge in [-0.2, -0.15) is 5.10 Å². The van der Waals surface area contributed by atoms with E-state index in [1.54, 1.807) is 37.3 Å². The number of anilines is 1. The number of hydrogen-bond acceptors (Lipinski definition) is 4. The lowest BCUT2D eigenvalue weighted by molar-refractivity contribution is -0.116. The van der Waals surface area contributed by atoms with Crippen LogP contribution in [0.2, 0.25) is 0 Å². The van der Waals surface area contributed by atoms with Crippen LogP contribution >= 0.6 is 0 Å². The average Bonchev–Trinajstić information content (AvgIpc) is 3.50. The third-order valence-electron chi connectivity index (χ3n) is 4.93. The Morgan fingerprint density at radius 2 is 1.76 bits per heavy atom. The van der Waals surface area contributed by atoms with Crippen molar-refractivity contribution in [2.45, 2.75) is 6.92 Å². The highest BCUT2D eigenvalue weighted by molar-refractivity contribution is 5.99. The number of rotatable bonds is 7. The summed E-state index contributed by atoms with van der Waals surface area (Å²) in [7, 11) is 0. The van der Waals surface area contributed by atoms with E-state index < -0.39 is 35.7 Å². The van der Waals surface area contributed by atoms with Crippen molar-refractivity contribution < 1.29 is 22.8 Å². The van der Waals surface area contributed by atoms with E-state index in [9.17, 15) is 18.4 Å². The van der Waals surface area contributed by atoms with Crippen molar-refractivity contribution in [3.05, 3.63) is 90.3 Å². The Balaban J connectivity index is 1.62. The second-order valence-electron chi connectivity index (χ2n) is 7.10. The molecule has 2 heterocycles. The molecule has 2 aromatic carbocycles. The van der Waals surface area contributed by atoms with Crippen LogP contribution in [-0.2, 0) is 4.79 Å². The number of likely N-dealkylation sites (N-methyl/N-ethyl adjacent to an activating group) is 1. The molecule has 2 amide bonds. The zero-order valence-electron chi connectivity index (χ0n) is 17.7. The molecule has 2 aromatic heterocycles. The van der Waals surface area contributed by atoms with Crippen LogP contribution in [0.4, 0.5) is 14.5 Å². The van der Waals surface area contributed by atoms with Crippen molar-refractivity contribution >= 4 is 17.5 Å². The molecule has 0 unspecified atom stereocenters. The van der Waals surface area contributed by atoms with Gasteiger partial charge < -0.3 is 14.6 Å². The number of hydrogen-bond donors (Lipinski definition) is 1. The lowest BCUT2D eigenvalue weighted by Gasteiger charge is -2.21. The molecule has 0 aliphatic rings. The Morgan fingerprint density at radius 3 is 2.39 bits per heavy atom. The predicted molar refractivity (Wildman–Crippen MR) is 118 cm³/mol. The van der Waals surface area contributed by atoms with Gasteiger partial charge in [0, 0.05) is 12.6 Å². The Kier molecular flexibility index (Phi) is 6.30. The summed E-state index contributed by atoms with van der Waals surface area (Å²) in [5, 5.41) is 6.71. The predicted octanol–water partition coefficient (Wildman–Crippen LogP) is 4.51. The summed E-state index contributed by atoms with van der Waals surface area (Å²) in [6, 6.07) is 17.3. The maximum Gasteiger partial charge on any atom is 0.273 e. The van der Waals surface area contributed by atoms with Gasteiger partial charge in [0.2, 0.25) is 5.91 Å². The summed E-state index contributed by atoms with van der Waals surface area (Å²) >= 11 is 0. The highest BCUT2D eigenvalue weighted by atomic mass is 19.1. The molecule has 0 saturated carbocycles. The topological polar surface area (TPSA) is 80.4 Å². The monoisotopic (exact) mass is 450 g/mol. The summed E-state index contributed by atoms with van der Waals surface area (Å²) in [5.74, 6) is -2.53. The number of amides is 2. The zero-order chi connectivity index (χ0) is 23.4. The van der Waals surface area contributed by atoms with E-state index in [0.29, 0.717) is 17.1 Å². The van der Waals surface area contributed by atoms with Crippen molar-refractivity contribution in [3.8, 4) is 17.1 Å². The SMILES string of the molecule is CCN(CC(=O)Nc1c(F)cccc1F)C(=O)c1cc(-c2ccco2)nn1-c1ccccc1. The molecule has 0 radical (unpaired) electrons. The van der Waals surface area contributed by atoms with Gasteiger partial charge in [-0.15, -0.1) is 0 Å². The molecule has 0 aliphatic heterocycles. The lowest BCUT2D eigenvalue weighted by atomic mass is 10.2. The molecule has 0 saturated heterocycles. The van der Waals surface area contributed by atoms with E-state index in [2.05, 4.69) is 10.4 Å². The van der Waals surface area contributed by atoms with Gasteiger partial charge in [-0.25, -0.2) is 13.5 Å². The van der Waals surface area contributed by atoms with Crippen LogP contribution in [0, 0.1) is 11.6 Å². The minimum atomic E-state index is -0.900. The van der Waals surface area contributed by atoms with Crippen LogP contribution in [-0.4, -0.2) is 39.6 Å². The molecule has 7 nitrogen and oxygen atoms in total. The Hall–Kier alpha value is -4.27. The Morgan fingerprint density at radius 1 is 1.03 bits per heavy atom. The molecule has 0 aliphatic carbocycles. The van der Waals surface area contributed by atoms with Crippen molar-refractivity contribution in [3.63, 3.8) is 0 Å². The number of carbonyl (C=O) groups excluding carboxylic acids is 2. The first-order valence-corrected chi connectivity index (χ1v) is 10.2. The first kappa shape index (κ1) is 21.9. The van der Waals surface area contributed by atoms with E-state index in [4.69, 9.17) is 4.42 Å². The highest BCUT2D eigenvalue weighted by Crippen LogP contribution is 2.23. The molecule has 33 heavy (non-hydrogen) atoms. The van der Waals surface area contributed by atoms with Crippen LogP contribution in [0.15, 0.2) is 77.4 Å². The molecule has 1 N–H and O–H groups in total. The van der Waals surface area contributed by atoms with Gasteiger partial charge in [-0.05, 0) is 43.3 Å². The van der Waals surface area contributed by atoms with E-state index in [1.165, 1.54) is 21.9 Å². The molecular weight excluding hydrogens is 430 g/mol. The van der Waals surface area contributed by atoms with Crippen molar-refractivity contribution in [2.24, 2.45) is 0 Å². The first-order valence-electron chi connectivity index (χ1n) is 10.2. The fraction of sp³-hybridized carbons (Fsp3) is 0.125. The summed E-state index contributed by atoms with van der Waals surface area (Å²) in [4.78, 5) is 27.1. The van der Waals surface area contributed by atoms with Crippen LogP contribution in [0.5, 0.6) is 0 Å². The van der Waals surface area contributed by atoms with Gasteiger partial charge in [0.25, 0.3) is 5.91 Å². The second-order valence-corrected chi connectivity index (χ2v) is 7.10. The van der Waals surface area contributed by atoms with Gasteiger partial charge in [0.1, 0.15) is 35.3 Å². The molecule has 9 heteroatoms. The van der Waals surface area contributed by atoms with Crippen molar-refractivity contribution in [1.29, 1.82) is 0 Å². The van der Waals surface area contributed by atoms with Gasteiger partial charge in [0.05, 0.1) is 12.0 Å². The van der Waals surface area contributed by atoms with Crippen molar-refractivity contribution in [2.75, 3.05) is 18.4 Å². The van der Waals surface area contributed by atoms with E-state index in [0.717, 1.165) is 12.1 Å². The quantitative estimate of drug-likeness (QED) is 0.449. The number of aromatic nitrogens is 2. The Labute approximate surface area is 188 Å². The van der Waals surface area contributed by atoms with Gasteiger partial charge in [0.15, 0.2) is 5.76 Å². The number of nitrogens with zero attached hydrogens (tertiary/aromatic N) is 3. The normalized spacial score (nSPS) is 10.8. The maximum absolute atomic E-state index is 13.9. The maximum atomic E-state index is 13.9. The smallest absolute Gasteiger partial charge is 0.273 e. The Bertz CT molecular complexity index is 1250. The second kappa shape index (κ2) is 9.47. The van der Waals surface area contributed by atoms with Crippen LogP contribution < -0.4 is 5.32 Å². The number of carbonyl (C=O) groups is 2. The molecule has 0 spiro atoms. The lowest BCUT2D eigenvalue weighted by Crippen LogP contribution is -2.39. The van der Waals surface area contributed by atoms with Crippen molar-refractivity contribution in [1.82, 2.24) is 14.7 Å². The molecule has 0 fully saturated rings. The number of nitrogens with one attached hydrogen (secondary N) is 1. The summed E-state index contributed by atoms with van der Waals surface area (Å²) in [6.45, 7) is 1.48. The highest BCUT2D eigenvalue weighted by Gasteiger charge is 2.25. The van der Waals surface area contributed by atoms with Gasteiger partial charge in [-0.1, -0.05) is 24.3 Å². The summed E-state index contributed by atoms with van der Waals surface area (Å²) in [5.41, 5.74) is 0.744. The molecular formula is C24H20F2N4O3. The minimum absolute atomic E-state index is 0.183. The number of furan rings is 1. The average molecular weight is 450 g/mol.